The fourth-order valence-corrected chi connectivity index (χ4v) is 3.62. The molecule has 2 saturated carbocycles. The lowest BCUT2D eigenvalue weighted by Gasteiger charge is -2.45. The van der Waals surface area contributed by atoms with E-state index in [0.29, 0.717) is 17.5 Å². The molecular formula is C16H32N2. The number of nitrogens with zero attached hydrogens (tertiary/aromatic N) is 1. The first kappa shape index (κ1) is 14.3. The van der Waals surface area contributed by atoms with E-state index in [0.717, 1.165) is 12.0 Å². The molecule has 0 aromatic carbocycles. The van der Waals surface area contributed by atoms with Crippen LogP contribution in [-0.2, 0) is 0 Å². The normalized spacial score (nSPS) is 34.0. The molecule has 2 heteroatoms. The summed E-state index contributed by atoms with van der Waals surface area (Å²) in [7, 11) is 0. The summed E-state index contributed by atoms with van der Waals surface area (Å²) in [5, 5.41) is 0. The Hall–Kier alpha value is -0.0800. The van der Waals surface area contributed by atoms with E-state index >= 15 is 0 Å². The predicted octanol–water partition coefficient (Wildman–Crippen LogP) is 3.40. The van der Waals surface area contributed by atoms with Gasteiger partial charge in [-0.15, -0.1) is 0 Å². The molecule has 2 fully saturated rings. The molecule has 2 aliphatic carbocycles. The first-order chi connectivity index (χ1) is 8.43. The molecule has 0 spiro atoms. The van der Waals surface area contributed by atoms with Gasteiger partial charge in [-0.05, 0) is 56.4 Å². The predicted molar refractivity (Wildman–Crippen MR) is 78.6 cm³/mol. The zero-order valence-corrected chi connectivity index (χ0v) is 12.8. The number of hydrogen-bond acceptors (Lipinski definition) is 2. The van der Waals surface area contributed by atoms with Gasteiger partial charge in [-0.25, -0.2) is 0 Å². The van der Waals surface area contributed by atoms with Crippen molar-refractivity contribution in [2.45, 2.75) is 84.3 Å². The molecule has 0 aliphatic heterocycles. The minimum Gasteiger partial charge on any atom is -0.326 e. The summed E-state index contributed by atoms with van der Waals surface area (Å²) in [5.41, 5.74) is 6.88. The van der Waals surface area contributed by atoms with Gasteiger partial charge in [-0.3, -0.25) is 4.90 Å². The maximum atomic E-state index is 6.44. The molecule has 0 amide bonds. The first-order valence-electron chi connectivity index (χ1n) is 7.94. The summed E-state index contributed by atoms with van der Waals surface area (Å²) < 4.78 is 0. The minimum absolute atomic E-state index is 0.413. The Morgan fingerprint density at radius 3 is 2.28 bits per heavy atom. The van der Waals surface area contributed by atoms with Crippen LogP contribution >= 0.6 is 0 Å². The van der Waals surface area contributed by atoms with Crippen molar-refractivity contribution < 1.29 is 0 Å². The van der Waals surface area contributed by atoms with E-state index in [1.165, 1.54) is 45.1 Å². The van der Waals surface area contributed by atoms with E-state index in [2.05, 4.69) is 32.6 Å². The van der Waals surface area contributed by atoms with Gasteiger partial charge in [0.1, 0.15) is 0 Å². The Bertz CT molecular complexity index is 265. The van der Waals surface area contributed by atoms with Gasteiger partial charge in [0.25, 0.3) is 0 Å². The Balaban J connectivity index is 2.03. The van der Waals surface area contributed by atoms with Crippen molar-refractivity contribution in [1.82, 2.24) is 4.90 Å². The van der Waals surface area contributed by atoms with E-state index in [4.69, 9.17) is 5.73 Å². The fourth-order valence-electron chi connectivity index (χ4n) is 3.62. The monoisotopic (exact) mass is 252 g/mol. The highest BCUT2D eigenvalue weighted by atomic mass is 15.2. The molecule has 0 heterocycles. The van der Waals surface area contributed by atoms with Crippen molar-refractivity contribution in [2.24, 2.45) is 17.1 Å². The maximum absolute atomic E-state index is 6.44. The lowest BCUT2D eigenvalue weighted by Crippen LogP contribution is -2.53. The smallest absolute Gasteiger partial charge is 0.0252 e. The second kappa shape index (κ2) is 5.50. The topological polar surface area (TPSA) is 29.3 Å². The van der Waals surface area contributed by atoms with Gasteiger partial charge in [0, 0.05) is 18.1 Å². The van der Waals surface area contributed by atoms with Crippen LogP contribution in [0.2, 0.25) is 0 Å². The molecule has 18 heavy (non-hydrogen) atoms. The second-order valence-corrected chi connectivity index (χ2v) is 7.58. The molecule has 0 radical (unpaired) electrons. The molecule has 0 saturated heterocycles. The molecule has 3 atom stereocenters. The van der Waals surface area contributed by atoms with E-state index < -0.39 is 0 Å². The van der Waals surface area contributed by atoms with E-state index in [9.17, 15) is 0 Å². The van der Waals surface area contributed by atoms with Crippen molar-refractivity contribution in [1.29, 1.82) is 0 Å². The van der Waals surface area contributed by atoms with Crippen LogP contribution in [0, 0.1) is 11.3 Å². The first-order valence-corrected chi connectivity index (χ1v) is 7.94. The molecule has 2 rings (SSSR count). The zero-order chi connectivity index (χ0) is 13.3. The zero-order valence-electron chi connectivity index (χ0n) is 12.8. The third kappa shape index (κ3) is 3.27. The van der Waals surface area contributed by atoms with Crippen molar-refractivity contribution in [3.05, 3.63) is 0 Å². The largest absolute Gasteiger partial charge is 0.326 e. The highest BCUT2D eigenvalue weighted by molar-refractivity contribution is 4.97. The molecule has 106 valence electrons. The lowest BCUT2D eigenvalue weighted by atomic mass is 9.69. The van der Waals surface area contributed by atoms with Crippen molar-refractivity contribution in [3.8, 4) is 0 Å². The van der Waals surface area contributed by atoms with Crippen LogP contribution in [0.15, 0.2) is 0 Å². The third-order valence-corrected chi connectivity index (χ3v) is 5.02. The van der Waals surface area contributed by atoms with E-state index in [1.54, 1.807) is 0 Å². The quantitative estimate of drug-likeness (QED) is 0.831. The van der Waals surface area contributed by atoms with Gasteiger partial charge in [-0.2, -0.15) is 0 Å². The number of rotatable bonds is 4. The Kier molecular flexibility index (Phi) is 4.38. The molecule has 2 nitrogen and oxygen atoms in total. The molecule has 0 aromatic heterocycles. The number of hydrogen-bond donors (Lipinski definition) is 1. The molecular weight excluding hydrogens is 220 g/mol. The summed E-state index contributed by atoms with van der Waals surface area (Å²) in [4.78, 5) is 2.75. The summed E-state index contributed by atoms with van der Waals surface area (Å²) in [6, 6.07) is 1.92. The summed E-state index contributed by atoms with van der Waals surface area (Å²) in [6.07, 6.45) is 7.94. The number of nitrogens with two attached hydrogens (primary N) is 1. The van der Waals surface area contributed by atoms with Gasteiger partial charge in [-0.1, -0.05) is 27.7 Å². The summed E-state index contributed by atoms with van der Waals surface area (Å²) >= 11 is 0. The third-order valence-electron chi connectivity index (χ3n) is 5.02. The van der Waals surface area contributed by atoms with Gasteiger partial charge < -0.3 is 5.73 Å². The van der Waals surface area contributed by atoms with Gasteiger partial charge in [0.2, 0.25) is 0 Å². The minimum atomic E-state index is 0.413. The van der Waals surface area contributed by atoms with Crippen molar-refractivity contribution >= 4 is 0 Å². The Morgan fingerprint density at radius 2 is 1.78 bits per heavy atom. The Morgan fingerprint density at radius 1 is 1.11 bits per heavy atom. The summed E-state index contributed by atoms with van der Waals surface area (Å²) in [6.45, 7) is 10.7. The molecule has 0 bridgehead atoms. The maximum Gasteiger partial charge on any atom is 0.0252 e. The van der Waals surface area contributed by atoms with Gasteiger partial charge >= 0.3 is 0 Å². The van der Waals surface area contributed by atoms with Gasteiger partial charge in [0.15, 0.2) is 0 Å². The molecule has 0 aromatic rings. The lowest BCUT2D eigenvalue weighted by molar-refractivity contribution is 0.0642. The SMILES string of the molecule is CCCN(C1CC1)C1CC(C(C)(C)C)CCC1N. The van der Waals surface area contributed by atoms with E-state index in [1.807, 2.05) is 0 Å². The van der Waals surface area contributed by atoms with Crippen LogP contribution < -0.4 is 5.73 Å². The molecule has 2 N–H and O–H groups in total. The van der Waals surface area contributed by atoms with Gasteiger partial charge in [0.05, 0.1) is 0 Å². The van der Waals surface area contributed by atoms with Crippen molar-refractivity contribution in [2.75, 3.05) is 6.54 Å². The van der Waals surface area contributed by atoms with Crippen LogP contribution in [-0.4, -0.2) is 29.6 Å². The second-order valence-electron chi connectivity index (χ2n) is 7.58. The average molecular weight is 252 g/mol. The van der Waals surface area contributed by atoms with E-state index in [-0.39, 0.29) is 0 Å². The van der Waals surface area contributed by atoms with Crippen LogP contribution in [0.5, 0.6) is 0 Å². The summed E-state index contributed by atoms with van der Waals surface area (Å²) in [5.74, 6) is 0.848. The van der Waals surface area contributed by atoms with Crippen LogP contribution in [0.25, 0.3) is 0 Å². The van der Waals surface area contributed by atoms with Crippen LogP contribution in [0.4, 0.5) is 0 Å². The van der Waals surface area contributed by atoms with Crippen LogP contribution in [0.3, 0.4) is 0 Å². The Labute approximate surface area is 113 Å². The highest BCUT2D eigenvalue weighted by Gasteiger charge is 2.41. The molecule has 3 unspecified atom stereocenters. The van der Waals surface area contributed by atoms with Crippen LogP contribution in [0.1, 0.15) is 66.2 Å². The average Bonchev–Trinajstić information content (AvgIpc) is 3.09. The van der Waals surface area contributed by atoms with Crippen molar-refractivity contribution in [3.63, 3.8) is 0 Å². The standard InChI is InChI=1S/C16H32N2/c1-5-10-18(13-7-8-13)15-11-12(16(2,3)4)6-9-14(15)17/h12-15H,5-11,17H2,1-4H3. The molecule has 2 aliphatic rings. The fraction of sp³-hybridized carbons (Fsp3) is 1.00. The highest BCUT2D eigenvalue weighted by Crippen LogP contribution is 2.41.